The summed E-state index contributed by atoms with van der Waals surface area (Å²) in [4.78, 5) is 23.1. The van der Waals surface area contributed by atoms with Gasteiger partial charge in [-0.2, -0.15) is 15.0 Å². The number of primary amides is 1. The summed E-state index contributed by atoms with van der Waals surface area (Å²) in [6, 6.07) is 0. The van der Waals surface area contributed by atoms with Crippen molar-refractivity contribution in [2.75, 3.05) is 17.2 Å². The average Bonchev–Trinajstić information content (AvgIpc) is 2.24. The van der Waals surface area contributed by atoms with Gasteiger partial charge in [0.1, 0.15) is 5.54 Å². The molecule has 0 aromatic carbocycles. The highest BCUT2D eigenvalue weighted by Gasteiger charge is 2.25. The van der Waals surface area contributed by atoms with Gasteiger partial charge in [0.25, 0.3) is 0 Å². The number of carbonyl (C=O) groups is 1. The summed E-state index contributed by atoms with van der Waals surface area (Å²) < 4.78 is 0. The van der Waals surface area contributed by atoms with E-state index in [2.05, 4.69) is 25.6 Å². The van der Waals surface area contributed by atoms with E-state index in [0.717, 1.165) is 13.0 Å². The second kappa shape index (κ2) is 5.81. The Kier molecular flexibility index (Phi) is 4.66. The second-order valence-corrected chi connectivity index (χ2v) is 4.63. The second-order valence-electron chi connectivity index (χ2n) is 4.29. The van der Waals surface area contributed by atoms with Crippen molar-refractivity contribution in [3.05, 3.63) is 5.28 Å². The minimum Gasteiger partial charge on any atom is -0.368 e. The zero-order chi connectivity index (χ0) is 13.8. The Hall–Kier alpha value is -1.63. The third-order valence-corrected chi connectivity index (χ3v) is 2.35. The monoisotopic (exact) mass is 272 g/mol. The van der Waals surface area contributed by atoms with Gasteiger partial charge in [-0.25, -0.2) is 0 Å². The third kappa shape index (κ3) is 3.99. The van der Waals surface area contributed by atoms with Gasteiger partial charge in [-0.05, 0) is 31.9 Å². The Balaban J connectivity index is 2.89. The van der Waals surface area contributed by atoms with Gasteiger partial charge in [0, 0.05) is 6.54 Å². The number of aromatic nitrogens is 3. The van der Waals surface area contributed by atoms with Crippen LogP contribution in [0.3, 0.4) is 0 Å². The molecular formula is C10H17ClN6O. The molecule has 0 bridgehead atoms. The van der Waals surface area contributed by atoms with Crippen molar-refractivity contribution in [2.24, 2.45) is 5.73 Å². The maximum absolute atomic E-state index is 11.2. The van der Waals surface area contributed by atoms with Crippen LogP contribution in [0, 0.1) is 0 Å². The largest absolute Gasteiger partial charge is 0.368 e. The fourth-order valence-electron chi connectivity index (χ4n) is 1.06. The summed E-state index contributed by atoms with van der Waals surface area (Å²) in [5.41, 5.74) is 4.29. The highest BCUT2D eigenvalue weighted by molar-refractivity contribution is 6.28. The van der Waals surface area contributed by atoms with Gasteiger partial charge in [-0.15, -0.1) is 0 Å². The molecule has 1 heterocycles. The molecule has 0 spiro atoms. The summed E-state index contributed by atoms with van der Waals surface area (Å²) in [5.74, 6) is 0.0547. The zero-order valence-corrected chi connectivity index (χ0v) is 11.4. The van der Waals surface area contributed by atoms with E-state index in [0.29, 0.717) is 5.95 Å². The zero-order valence-electron chi connectivity index (χ0n) is 10.6. The Morgan fingerprint density at radius 3 is 2.50 bits per heavy atom. The Labute approximate surface area is 111 Å². The highest BCUT2D eigenvalue weighted by atomic mass is 35.5. The third-order valence-electron chi connectivity index (χ3n) is 2.18. The van der Waals surface area contributed by atoms with Gasteiger partial charge < -0.3 is 16.4 Å². The predicted octanol–water partition coefficient (Wildman–Crippen LogP) is 1.02. The topological polar surface area (TPSA) is 106 Å². The standard InChI is InChI=1S/C10H17ClN6O/c1-4-5-13-8-14-7(11)15-9(16-8)17-10(2,3)6(12)18/h4-5H2,1-3H3,(H2,12,18)(H2,13,14,15,16,17). The molecule has 0 radical (unpaired) electrons. The summed E-state index contributed by atoms with van der Waals surface area (Å²) >= 11 is 5.78. The van der Waals surface area contributed by atoms with E-state index in [1.807, 2.05) is 6.92 Å². The predicted molar refractivity (Wildman–Crippen MR) is 70.5 cm³/mol. The number of carbonyl (C=O) groups excluding carboxylic acids is 1. The molecular weight excluding hydrogens is 256 g/mol. The van der Waals surface area contributed by atoms with Crippen molar-refractivity contribution in [3.63, 3.8) is 0 Å². The number of anilines is 2. The Morgan fingerprint density at radius 1 is 1.33 bits per heavy atom. The fraction of sp³-hybridized carbons (Fsp3) is 0.600. The molecule has 0 unspecified atom stereocenters. The lowest BCUT2D eigenvalue weighted by Crippen LogP contribution is -2.45. The van der Waals surface area contributed by atoms with Crippen LogP contribution < -0.4 is 16.4 Å². The van der Waals surface area contributed by atoms with Crippen LogP contribution in [-0.2, 0) is 4.79 Å². The van der Waals surface area contributed by atoms with Crippen LogP contribution >= 0.6 is 11.6 Å². The quantitative estimate of drug-likeness (QED) is 0.714. The van der Waals surface area contributed by atoms with Crippen molar-refractivity contribution >= 4 is 29.4 Å². The number of halogens is 1. The summed E-state index contributed by atoms with van der Waals surface area (Å²) in [6.07, 6.45) is 0.929. The molecule has 0 atom stereocenters. The van der Waals surface area contributed by atoms with Gasteiger partial charge in [-0.3, -0.25) is 4.79 Å². The Bertz CT molecular complexity index is 436. The lowest BCUT2D eigenvalue weighted by molar-refractivity contribution is -0.121. The molecule has 1 aromatic heterocycles. The first-order valence-electron chi connectivity index (χ1n) is 5.58. The number of hydrogen-bond acceptors (Lipinski definition) is 6. The van der Waals surface area contributed by atoms with Gasteiger partial charge in [0.15, 0.2) is 0 Å². The lowest BCUT2D eigenvalue weighted by Gasteiger charge is -2.22. The van der Waals surface area contributed by atoms with E-state index in [1.54, 1.807) is 13.8 Å². The maximum atomic E-state index is 11.2. The van der Waals surface area contributed by atoms with Gasteiger partial charge in [-0.1, -0.05) is 6.92 Å². The summed E-state index contributed by atoms with van der Waals surface area (Å²) in [6.45, 7) is 6.00. The maximum Gasteiger partial charge on any atom is 0.242 e. The minimum atomic E-state index is -0.966. The van der Waals surface area contributed by atoms with E-state index in [4.69, 9.17) is 17.3 Å². The number of nitrogens with one attached hydrogen (secondary N) is 2. The van der Waals surface area contributed by atoms with Crippen LogP contribution in [0.15, 0.2) is 0 Å². The molecule has 100 valence electrons. The molecule has 0 aliphatic carbocycles. The van der Waals surface area contributed by atoms with Crippen molar-refractivity contribution in [3.8, 4) is 0 Å². The molecule has 0 aliphatic rings. The number of nitrogens with two attached hydrogens (primary N) is 1. The number of nitrogens with zero attached hydrogens (tertiary/aromatic N) is 3. The van der Waals surface area contributed by atoms with Gasteiger partial charge in [0.2, 0.25) is 23.1 Å². The van der Waals surface area contributed by atoms with E-state index in [-0.39, 0.29) is 11.2 Å². The number of amides is 1. The first kappa shape index (κ1) is 14.4. The molecule has 4 N–H and O–H groups in total. The lowest BCUT2D eigenvalue weighted by atomic mass is 10.1. The highest BCUT2D eigenvalue weighted by Crippen LogP contribution is 2.14. The molecule has 1 rings (SSSR count). The van der Waals surface area contributed by atoms with Crippen LogP contribution in [0.25, 0.3) is 0 Å². The van der Waals surface area contributed by atoms with Gasteiger partial charge in [0.05, 0.1) is 0 Å². The normalized spacial score (nSPS) is 11.1. The van der Waals surface area contributed by atoms with Crippen molar-refractivity contribution < 1.29 is 4.79 Å². The van der Waals surface area contributed by atoms with E-state index < -0.39 is 11.4 Å². The van der Waals surface area contributed by atoms with Crippen LogP contribution in [0.1, 0.15) is 27.2 Å². The fourth-order valence-corrected chi connectivity index (χ4v) is 1.22. The van der Waals surface area contributed by atoms with Crippen LogP contribution in [0.5, 0.6) is 0 Å². The van der Waals surface area contributed by atoms with Crippen molar-refractivity contribution in [2.45, 2.75) is 32.7 Å². The van der Waals surface area contributed by atoms with E-state index in [1.165, 1.54) is 0 Å². The molecule has 1 amide bonds. The summed E-state index contributed by atoms with van der Waals surface area (Å²) in [7, 11) is 0. The van der Waals surface area contributed by atoms with Crippen LogP contribution in [0.4, 0.5) is 11.9 Å². The summed E-state index contributed by atoms with van der Waals surface area (Å²) in [5, 5.41) is 5.85. The molecule has 18 heavy (non-hydrogen) atoms. The molecule has 0 saturated carbocycles. The number of rotatable bonds is 6. The number of hydrogen-bond donors (Lipinski definition) is 3. The average molecular weight is 273 g/mol. The Morgan fingerprint density at radius 2 is 1.94 bits per heavy atom. The molecule has 0 aliphatic heterocycles. The molecule has 1 aromatic rings. The van der Waals surface area contributed by atoms with Crippen molar-refractivity contribution in [1.29, 1.82) is 0 Å². The molecule has 0 saturated heterocycles. The molecule has 0 fully saturated rings. The molecule has 7 nitrogen and oxygen atoms in total. The van der Waals surface area contributed by atoms with Gasteiger partial charge >= 0.3 is 0 Å². The first-order chi connectivity index (χ1) is 8.35. The SMILES string of the molecule is CCCNc1nc(Cl)nc(NC(C)(C)C(N)=O)n1. The van der Waals surface area contributed by atoms with E-state index >= 15 is 0 Å². The van der Waals surface area contributed by atoms with Crippen molar-refractivity contribution in [1.82, 2.24) is 15.0 Å². The van der Waals surface area contributed by atoms with Crippen LogP contribution in [0.2, 0.25) is 5.28 Å². The minimum absolute atomic E-state index is 0.0476. The first-order valence-corrected chi connectivity index (χ1v) is 5.96. The van der Waals surface area contributed by atoms with Crippen LogP contribution in [-0.4, -0.2) is 32.9 Å². The smallest absolute Gasteiger partial charge is 0.242 e. The van der Waals surface area contributed by atoms with E-state index in [9.17, 15) is 4.79 Å². The molecule has 8 heteroatoms.